The van der Waals surface area contributed by atoms with Crippen molar-refractivity contribution >= 4 is 28.6 Å². The number of hydrogen-bond donors (Lipinski definition) is 0. The van der Waals surface area contributed by atoms with Gasteiger partial charge in [0.15, 0.2) is 0 Å². The molecule has 0 unspecified atom stereocenters. The quantitative estimate of drug-likeness (QED) is 0.554. The van der Waals surface area contributed by atoms with E-state index in [1.807, 2.05) is 24.3 Å². The minimum atomic E-state index is -0.260. The summed E-state index contributed by atoms with van der Waals surface area (Å²) in [5.74, 6) is -0.260. The van der Waals surface area contributed by atoms with Crippen molar-refractivity contribution in [3.05, 3.63) is 39.2 Å². The molecule has 6 heteroatoms. The van der Waals surface area contributed by atoms with Crippen LogP contribution in [0.1, 0.15) is 31.0 Å². The van der Waals surface area contributed by atoms with E-state index in [9.17, 15) is 4.79 Å². The van der Waals surface area contributed by atoms with E-state index in [1.165, 1.54) is 7.11 Å². The monoisotopic (exact) mass is 399 g/mol. The zero-order valence-electron chi connectivity index (χ0n) is 12.2. The van der Waals surface area contributed by atoms with E-state index >= 15 is 0 Å². The Balaban J connectivity index is 2.34. The number of carbonyl (C=O) groups is 1. The topological polar surface area (TPSA) is 57.0 Å². The zero-order chi connectivity index (χ0) is 15.2. The van der Waals surface area contributed by atoms with Gasteiger partial charge in [0.05, 0.1) is 24.9 Å². The Bertz CT molecular complexity index is 625. The third-order valence-corrected chi connectivity index (χ3v) is 4.31. The SMILES string of the molecule is CCCCc1nnn(-c2ccccc2CC(=O)OC)c1I. The highest BCUT2D eigenvalue weighted by Crippen LogP contribution is 2.20. The molecule has 5 nitrogen and oxygen atoms in total. The summed E-state index contributed by atoms with van der Waals surface area (Å²) in [4.78, 5) is 11.5. The number of para-hydroxylation sites is 1. The van der Waals surface area contributed by atoms with E-state index in [-0.39, 0.29) is 12.4 Å². The first-order valence-electron chi connectivity index (χ1n) is 6.92. The minimum absolute atomic E-state index is 0.229. The molecule has 2 rings (SSSR count). The number of methoxy groups -OCH3 is 1. The summed E-state index contributed by atoms with van der Waals surface area (Å²) in [5.41, 5.74) is 2.77. The Labute approximate surface area is 137 Å². The largest absolute Gasteiger partial charge is 0.469 e. The lowest BCUT2D eigenvalue weighted by molar-refractivity contribution is -0.139. The second-order valence-corrected chi connectivity index (χ2v) is 5.75. The van der Waals surface area contributed by atoms with Crippen LogP contribution in [0, 0.1) is 3.70 Å². The van der Waals surface area contributed by atoms with Gasteiger partial charge in [0, 0.05) is 0 Å². The molecule has 0 atom stereocenters. The number of esters is 1. The van der Waals surface area contributed by atoms with Crippen LogP contribution in [0.4, 0.5) is 0 Å². The van der Waals surface area contributed by atoms with Crippen LogP contribution in [-0.4, -0.2) is 28.1 Å². The van der Waals surface area contributed by atoms with Gasteiger partial charge in [-0.25, -0.2) is 4.68 Å². The first kappa shape index (κ1) is 15.9. The minimum Gasteiger partial charge on any atom is -0.469 e. The van der Waals surface area contributed by atoms with Gasteiger partial charge in [-0.15, -0.1) is 5.10 Å². The van der Waals surface area contributed by atoms with Crippen LogP contribution in [-0.2, 0) is 22.4 Å². The highest BCUT2D eigenvalue weighted by molar-refractivity contribution is 14.1. The van der Waals surface area contributed by atoms with E-state index in [0.717, 1.165) is 39.9 Å². The maximum atomic E-state index is 11.5. The maximum absolute atomic E-state index is 11.5. The number of ether oxygens (including phenoxy) is 1. The van der Waals surface area contributed by atoms with Crippen molar-refractivity contribution in [1.29, 1.82) is 0 Å². The lowest BCUT2D eigenvalue weighted by atomic mass is 10.1. The molecule has 1 heterocycles. The molecule has 0 fully saturated rings. The van der Waals surface area contributed by atoms with Crippen LogP contribution in [0.15, 0.2) is 24.3 Å². The highest BCUT2D eigenvalue weighted by atomic mass is 127. The third-order valence-electron chi connectivity index (χ3n) is 3.23. The molecule has 1 aromatic carbocycles. The van der Waals surface area contributed by atoms with Crippen LogP contribution < -0.4 is 0 Å². The average molecular weight is 399 g/mol. The van der Waals surface area contributed by atoms with Crippen molar-refractivity contribution < 1.29 is 9.53 Å². The van der Waals surface area contributed by atoms with Gasteiger partial charge >= 0.3 is 5.97 Å². The Morgan fingerprint density at radius 3 is 2.86 bits per heavy atom. The summed E-state index contributed by atoms with van der Waals surface area (Å²) in [6.07, 6.45) is 3.38. The number of rotatable bonds is 6. The third kappa shape index (κ3) is 3.81. The summed E-state index contributed by atoms with van der Waals surface area (Å²) >= 11 is 2.26. The summed E-state index contributed by atoms with van der Waals surface area (Å²) in [5, 5.41) is 8.50. The van der Waals surface area contributed by atoms with Crippen LogP contribution in [0.5, 0.6) is 0 Å². The molecule has 0 saturated carbocycles. The molecule has 0 amide bonds. The summed E-state index contributed by atoms with van der Waals surface area (Å²) in [7, 11) is 1.40. The van der Waals surface area contributed by atoms with Gasteiger partial charge < -0.3 is 4.74 Å². The Hall–Kier alpha value is -1.44. The second-order valence-electron chi connectivity index (χ2n) is 4.72. The molecular formula is C15H18IN3O2. The van der Waals surface area contributed by atoms with Gasteiger partial charge in [-0.2, -0.15) is 0 Å². The number of hydrogen-bond acceptors (Lipinski definition) is 4. The number of unbranched alkanes of at least 4 members (excludes halogenated alkanes) is 1. The van der Waals surface area contributed by atoms with E-state index in [0.29, 0.717) is 0 Å². The summed E-state index contributed by atoms with van der Waals surface area (Å²) in [6, 6.07) is 7.69. The lowest BCUT2D eigenvalue weighted by Crippen LogP contribution is -2.09. The molecule has 112 valence electrons. The summed E-state index contributed by atoms with van der Waals surface area (Å²) in [6.45, 7) is 2.16. The first-order chi connectivity index (χ1) is 10.2. The fraction of sp³-hybridized carbons (Fsp3) is 0.400. The number of halogens is 1. The Kier molecular flexibility index (Phi) is 5.72. The number of aryl methyl sites for hydroxylation is 1. The van der Waals surface area contributed by atoms with Gasteiger partial charge in [0.2, 0.25) is 0 Å². The second kappa shape index (κ2) is 7.53. The van der Waals surface area contributed by atoms with Crippen molar-refractivity contribution in [2.75, 3.05) is 7.11 Å². The number of carbonyl (C=O) groups excluding carboxylic acids is 1. The molecule has 0 bridgehead atoms. The van der Waals surface area contributed by atoms with Crippen molar-refractivity contribution in [3.63, 3.8) is 0 Å². The number of aromatic nitrogens is 3. The standard InChI is InChI=1S/C15H18IN3O2/c1-3-4-8-12-15(16)19(18-17-12)13-9-6-5-7-11(13)10-14(20)21-2/h5-7,9H,3-4,8,10H2,1-2H3. The van der Waals surface area contributed by atoms with Crippen molar-refractivity contribution in [2.45, 2.75) is 32.6 Å². The Morgan fingerprint density at radius 2 is 2.14 bits per heavy atom. The van der Waals surface area contributed by atoms with E-state index < -0.39 is 0 Å². The molecule has 1 aromatic heterocycles. The molecular weight excluding hydrogens is 381 g/mol. The number of benzene rings is 1. The predicted octanol–water partition coefficient (Wildman–Crippen LogP) is 2.93. The molecule has 2 aromatic rings. The molecule has 0 aliphatic rings. The van der Waals surface area contributed by atoms with Crippen LogP contribution in [0.2, 0.25) is 0 Å². The highest BCUT2D eigenvalue weighted by Gasteiger charge is 2.15. The molecule has 0 spiro atoms. The van der Waals surface area contributed by atoms with Gasteiger partial charge in [-0.05, 0) is 47.1 Å². The average Bonchev–Trinajstić information content (AvgIpc) is 2.86. The predicted molar refractivity (Wildman–Crippen MR) is 88.4 cm³/mol. The molecule has 0 N–H and O–H groups in total. The summed E-state index contributed by atoms with van der Waals surface area (Å²) < 4.78 is 7.54. The van der Waals surface area contributed by atoms with E-state index in [2.05, 4.69) is 39.8 Å². The zero-order valence-corrected chi connectivity index (χ0v) is 14.3. The van der Waals surface area contributed by atoms with Crippen molar-refractivity contribution in [2.24, 2.45) is 0 Å². The lowest BCUT2D eigenvalue weighted by Gasteiger charge is -2.09. The van der Waals surface area contributed by atoms with Crippen LogP contribution in [0.3, 0.4) is 0 Å². The van der Waals surface area contributed by atoms with Crippen molar-refractivity contribution in [3.8, 4) is 5.69 Å². The van der Waals surface area contributed by atoms with Crippen LogP contribution in [0.25, 0.3) is 5.69 Å². The fourth-order valence-corrected chi connectivity index (χ4v) is 2.78. The van der Waals surface area contributed by atoms with Gasteiger partial charge in [0.1, 0.15) is 3.70 Å². The normalized spacial score (nSPS) is 10.6. The Morgan fingerprint density at radius 1 is 1.38 bits per heavy atom. The molecule has 21 heavy (non-hydrogen) atoms. The van der Waals surface area contributed by atoms with Gasteiger partial charge in [-0.1, -0.05) is 36.8 Å². The van der Waals surface area contributed by atoms with Gasteiger partial charge in [-0.3, -0.25) is 4.79 Å². The first-order valence-corrected chi connectivity index (χ1v) is 8.00. The van der Waals surface area contributed by atoms with Crippen molar-refractivity contribution in [1.82, 2.24) is 15.0 Å². The van der Waals surface area contributed by atoms with Crippen LogP contribution >= 0.6 is 22.6 Å². The molecule has 0 aliphatic heterocycles. The molecule has 0 radical (unpaired) electrons. The fourth-order valence-electron chi connectivity index (χ4n) is 2.05. The number of nitrogens with zero attached hydrogens (tertiary/aromatic N) is 3. The smallest absolute Gasteiger partial charge is 0.310 e. The molecule has 0 saturated heterocycles. The van der Waals surface area contributed by atoms with E-state index in [4.69, 9.17) is 4.74 Å². The van der Waals surface area contributed by atoms with E-state index in [1.54, 1.807) is 4.68 Å². The van der Waals surface area contributed by atoms with Gasteiger partial charge in [0.25, 0.3) is 0 Å². The molecule has 0 aliphatic carbocycles. The maximum Gasteiger partial charge on any atom is 0.310 e.